The molecule has 0 fully saturated rings. The molecule has 0 atom stereocenters. The van der Waals surface area contributed by atoms with Gasteiger partial charge >= 0.3 is 0 Å². The van der Waals surface area contributed by atoms with Crippen molar-refractivity contribution in [2.75, 3.05) is 12.8 Å². The van der Waals surface area contributed by atoms with E-state index in [0.29, 0.717) is 22.6 Å². The van der Waals surface area contributed by atoms with Crippen molar-refractivity contribution in [1.29, 1.82) is 0 Å². The van der Waals surface area contributed by atoms with Gasteiger partial charge in [0.15, 0.2) is 5.78 Å². The van der Waals surface area contributed by atoms with E-state index in [-0.39, 0.29) is 5.78 Å². The van der Waals surface area contributed by atoms with Gasteiger partial charge in [-0.3, -0.25) is 4.79 Å². The predicted octanol–water partition coefficient (Wildman–Crippen LogP) is 3.66. The summed E-state index contributed by atoms with van der Waals surface area (Å²) in [5.74, 6) is 0.524. The van der Waals surface area contributed by atoms with Gasteiger partial charge < -0.3 is 10.5 Å². The number of methoxy groups -OCH3 is 1. The molecule has 3 nitrogen and oxygen atoms in total. The van der Waals surface area contributed by atoms with Crippen LogP contribution in [0.1, 0.15) is 15.9 Å². The van der Waals surface area contributed by atoms with Crippen molar-refractivity contribution < 1.29 is 9.53 Å². The van der Waals surface area contributed by atoms with Crippen molar-refractivity contribution in [1.82, 2.24) is 0 Å². The number of benzene rings is 3. The summed E-state index contributed by atoms with van der Waals surface area (Å²) in [4.78, 5) is 12.8. The minimum Gasteiger partial charge on any atom is -0.497 e. The van der Waals surface area contributed by atoms with Crippen molar-refractivity contribution in [3.05, 3.63) is 71.8 Å². The number of ketones is 1. The Hall–Kier alpha value is -2.81. The van der Waals surface area contributed by atoms with Crippen LogP contribution in [0.2, 0.25) is 0 Å². The quantitative estimate of drug-likeness (QED) is 0.587. The first-order chi connectivity index (χ1) is 10.2. The zero-order valence-electron chi connectivity index (χ0n) is 11.7. The standard InChI is InChI=1S/C18H15NO2/c1-21-13-9-10-17(19)16(11-13)18(20)15-8-4-6-12-5-2-3-7-14(12)15/h2-11H,19H2,1H3. The fourth-order valence-electron chi connectivity index (χ4n) is 2.43. The molecule has 104 valence electrons. The van der Waals surface area contributed by atoms with Gasteiger partial charge in [-0.2, -0.15) is 0 Å². The lowest BCUT2D eigenvalue weighted by molar-refractivity contribution is 0.104. The van der Waals surface area contributed by atoms with Crippen molar-refractivity contribution in [2.24, 2.45) is 0 Å². The van der Waals surface area contributed by atoms with Gasteiger partial charge in [0.1, 0.15) is 5.75 Å². The smallest absolute Gasteiger partial charge is 0.195 e. The second-order valence-corrected chi connectivity index (χ2v) is 4.81. The van der Waals surface area contributed by atoms with Crippen LogP contribution >= 0.6 is 0 Å². The molecule has 0 aromatic heterocycles. The number of rotatable bonds is 3. The van der Waals surface area contributed by atoms with E-state index in [0.717, 1.165) is 10.8 Å². The van der Waals surface area contributed by atoms with Gasteiger partial charge in [-0.05, 0) is 29.0 Å². The third-order valence-electron chi connectivity index (χ3n) is 3.54. The minimum atomic E-state index is -0.0943. The monoisotopic (exact) mass is 277 g/mol. The molecule has 0 spiro atoms. The summed E-state index contributed by atoms with van der Waals surface area (Å²) in [5, 5.41) is 1.96. The lowest BCUT2D eigenvalue weighted by Crippen LogP contribution is -2.06. The van der Waals surface area contributed by atoms with Gasteiger partial charge in [0, 0.05) is 16.8 Å². The summed E-state index contributed by atoms with van der Waals surface area (Å²) in [6, 6.07) is 18.6. The van der Waals surface area contributed by atoms with Gasteiger partial charge in [0.25, 0.3) is 0 Å². The number of hydrogen-bond donors (Lipinski definition) is 1. The molecule has 3 rings (SSSR count). The van der Waals surface area contributed by atoms with E-state index < -0.39 is 0 Å². The zero-order valence-corrected chi connectivity index (χ0v) is 11.7. The van der Waals surface area contributed by atoms with Crippen LogP contribution in [-0.4, -0.2) is 12.9 Å². The second-order valence-electron chi connectivity index (χ2n) is 4.81. The molecule has 0 heterocycles. The molecular formula is C18H15NO2. The first kappa shape index (κ1) is 13.2. The molecule has 3 heteroatoms. The molecule has 0 amide bonds. The van der Waals surface area contributed by atoms with Gasteiger partial charge in [-0.25, -0.2) is 0 Å². The maximum absolute atomic E-state index is 12.8. The predicted molar refractivity (Wildman–Crippen MR) is 84.8 cm³/mol. The molecule has 0 aliphatic heterocycles. The van der Waals surface area contributed by atoms with E-state index in [4.69, 9.17) is 10.5 Å². The summed E-state index contributed by atoms with van der Waals surface area (Å²) in [5.41, 5.74) is 7.51. The van der Waals surface area contributed by atoms with E-state index >= 15 is 0 Å². The van der Waals surface area contributed by atoms with E-state index in [9.17, 15) is 4.79 Å². The molecule has 0 aliphatic rings. The van der Waals surface area contributed by atoms with Crippen LogP contribution in [0.4, 0.5) is 5.69 Å². The minimum absolute atomic E-state index is 0.0943. The van der Waals surface area contributed by atoms with E-state index in [1.807, 2.05) is 42.5 Å². The van der Waals surface area contributed by atoms with E-state index in [1.54, 1.807) is 25.3 Å². The molecule has 2 N–H and O–H groups in total. The summed E-state index contributed by atoms with van der Waals surface area (Å²) >= 11 is 0. The molecule has 0 saturated carbocycles. The first-order valence-corrected chi connectivity index (χ1v) is 6.66. The van der Waals surface area contributed by atoms with Crippen LogP contribution in [0, 0.1) is 0 Å². The summed E-state index contributed by atoms with van der Waals surface area (Å²) in [6.45, 7) is 0. The number of carbonyl (C=O) groups is 1. The summed E-state index contributed by atoms with van der Waals surface area (Å²) < 4.78 is 5.18. The van der Waals surface area contributed by atoms with Crippen molar-refractivity contribution >= 4 is 22.2 Å². The van der Waals surface area contributed by atoms with Gasteiger partial charge in [0.2, 0.25) is 0 Å². The Morgan fingerprint density at radius 3 is 2.52 bits per heavy atom. The Kier molecular flexibility index (Phi) is 3.32. The van der Waals surface area contributed by atoms with E-state index in [2.05, 4.69) is 0 Å². The Morgan fingerprint density at radius 1 is 0.952 bits per heavy atom. The van der Waals surface area contributed by atoms with Crippen molar-refractivity contribution in [3.8, 4) is 5.75 Å². The third-order valence-corrected chi connectivity index (χ3v) is 3.54. The fraction of sp³-hybridized carbons (Fsp3) is 0.0556. The second kappa shape index (κ2) is 5.29. The average molecular weight is 277 g/mol. The Balaban J connectivity index is 2.17. The highest BCUT2D eigenvalue weighted by molar-refractivity contribution is 6.18. The number of anilines is 1. The summed E-state index contributed by atoms with van der Waals surface area (Å²) in [6.07, 6.45) is 0. The van der Waals surface area contributed by atoms with Gasteiger partial charge in [-0.15, -0.1) is 0 Å². The van der Waals surface area contributed by atoms with Crippen LogP contribution < -0.4 is 10.5 Å². The SMILES string of the molecule is COc1ccc(N)c(C(=O)c2cccc3ccccc23)c1. The highest BCUT2D eigenvalue weighted by Gasteiger charge is 2.15. The third kappa shape index (κ3) is 2.34. The van der Waals surface area contributed by atoms with Crippen molar-refractivity contribution in [2.45, 2.75) is 0 Å². The van der Waals surface area contributed by atoms with Crippen LogP contribution in [-0.2, 0) is 0 Å². The van der Waals surface area contributed by atoms with Gasteiger partial charge in [-0.1, -0.05) is 42.5 Å². The number of ether oxygens (including phenoxy) is 1. The Labute approximate surface area is 123 Å². The largest absolute Gasteiger partial charge is 0.497 e. The Bertz CT molecular complexity index is 819. The lowest BCUT2D eigenvalue weighted by Gasteiger charge is -2.09. The number of nitrogen functional groups attached to an aromatic ring is 1. The molecule has 3 aromatic carbocycles. The maximum Gasteiger partial charge on any atom is 0.195 e. The highest BCUT2D eigenvalue weighted by atomic mass is 16.5. The number of carbonyl (C=O) groups excluding carboxylic acids is 1. The normalized spacial score (nSPS) is 10.5. The zero-order chi connectivity index (χ0) is 14.8. The topological polar surface area (TPSA) is 52.3 Å². The molecule has 0 radical (unpaired) electrons. The Morgan fingerprint density at radius 2 is 1.71 bits per heavy atom. The molecule has 3 aromatic rings. The number of hydrogen-bond acceptors (Lipinski definition) is 3. The van der Waals surface area contributed by atoms with Crippen LogP contribution in [0.25, 0.3) is 10.8 Å². The maximum atomic E-state index is 12.8. The first-order valence-electron chi connectivity index (χ1n) is 6.66. The molecule has 21 heavy (non-hydrogen) atoms. The molecule has 0 aliphatic carbocycles. The number of fused-ring (bicyclic) bond motifs is 1. The molecule has 0 saturated heterocycles. The average Bonchev–Trinajstić information content (AvgIpc) is 2.54. The molecule has 0 unspecified atom stereocenters. The van der Waals surface area contributed by atoms with E-state index in [1.165, 1.54) is 0 Å². The van der Waals surface area contributed by atoms with Gasteiger partial charge in [0.05, 0.1) is 7.11 Å². The highest BCUT2D eigenvalue weighted by Crippen LogP contribution is 2.26. The summed E-state index contributed by atoms with van der Waals surface area (Å²) in [7, 11) is 1.57. The fourth-order valence-corrected chi connectivity index (χ4v) is 2.43. The molecule has 0 bridgehead atoms. The lowest BCUT2D eigenvalue weighted by atomic mass is 9.96. The van der Waals surface area contributed by atoms with Crippen LogP contribution in [0.15, 0.2) is 60.7 Å². The van der Waals surface area contributed by atoms with Crippen LogP contribution in [0.5, 0.6) is 5.75 Å². The number of nitrogens with two attached hydrogens (primary N) is 1. The van der Waals surface area contributed by atoms with Crippen molar-refractivity contribution in [3.63, 3.8) is 0 Å². The molecular weight excluding hydrogens is 262 g/mol. The van der Waals surface area contributed by atoms with Crippen LogP contribution in [0.3, 0.4) is 0 Å².